The van der Waals surface area contributed by atoms with E-state index in [-0.39, 0.29) is 17.4 Å². The highest BCUT2D eigenvalue weighted by molar-refractivity contribution is 7.91. The number of nitrogens with one attached hydrogen (secondary N) is 1. The molecule has 0 bridgehead atoms. The number of thiophene rings is 2. The molecule has 0 aliphatic carbocycles. The molecule has 1 aromatic carbocycles. The lowest BCUT2D eigenvalue weighted by Gasteiger charge is -2.33. The van der Waals surface area contributed by atoms with Gasteiger partial charge < -0.3 is 10.1 Å². The van der Waals surface area contributed by atoms with Crippen molar-refractivity contribution in [3.63, 3.8) is 0 Å². The number of rotatable bonds is 8. The molecule has 3 aromatic rings. The zero-order valence-electron chi connectivity index (χ0n) is 21.5. The Hall–Kier alpha value is -2.28. The van der Waals surface area contributed by atoms with Crippen LogP contribution in [0.15, 0.2) is 46.7 Å². The Labute approximate surface area is 241 Å². The minimum absolute atomic E-state index is 0.115. The first-order valence-electron chi connectivity index (χ1n) is 12.9. The third-order valence-electron chi connectivity index (χ3n) is 6.97. The number of carbonyl (C=O) groups excluding carboxylic acids is 2. The molecular weight excluding hydrogens is 578 g/mol. The summed E-state index contributed by atoms with van der Waals surface area (Å²) in [5, 5.41) is 3.35. The van der Waals surface area contributed by atoms with Gasteiger partial charge in [0.2, 0.25) is 5.91 Å². The summed E-state index contributed by atoms with van der Waals surface area (Å²) in [6.45, 7) is 4.43. The van der Waals surface area contributed by atoms with E-state index in [2.05, 4.69) is 22.3 Å². The quantitative estimate of drug-likeness (QED) is 0.346. The summed E-state index contributed by atoms with van der Waals surface area (Å²) < 4.78 is 33.9. The highest BCUT2D eigenvalue weighted by Gasteiger charge is 2.39. The van der Waals surface area contributed by atoms with Gasteiger partial charge in [0, 0.05) is 31.1 Å². The van der Waals surface area contributed by atoms with Crippen LogP contribution in [0.1, 0.15) is 52.5 Å². The van der Waals surface area contributed by atoms with Crippen molar-refractivity contribution in [3.05, 3.63) is 68.4 Å². The number of hydrogen-bond donors (Lipinski definition) is 1. The van der Waals surface area contributed by atoms with Gasteiger partial charge in [-0.05, 0) is 49.4 Å². The summed E-state index contributed by atoms with van der Waals surface area (Å²) in [4.78, 5) is 30.0. The van der Waals surface area contributed by atoms with Gasteiger partial charge in [-0.3, -0.25) is 9.69 Å². The van der Waals surface area contributed by atoms with Crippen LogP contribution in [-0.4, -0.2) is 55.2 Å². The third-order valence-corrected chi connectivity index (χ3v) is 11.7. The molecule has 2 aliphatic rings. The van der Waals surface area contributed by atoms with E-state index < -0.39 is 27.9 Å². The minimum Gasteiger partial charge on any atom is -0.462 e. The Balaban J connectivity index is 1.40. The maximum atomic E-state index is 13.6. The number of sulfonamides is 1. The number of halogens is 1. The standard InChI is InChI=1S/C27H30ClN3O5S3/c1-2-36-27(33)24-19-13-15-30(16-18-8-4-3-5-9-18)17-21(19)37-26(24)29-25(32)20-10-6-7-14-31(20)39(34,35)23-12-11-22(28)38-23/h3-5,8-9,11-12,20H,2,6-7,10,13-17H2,1H3,(H,29,32). The molecule has 2 aliphatic heterocycles. The fraction of sp³-hybridized carbons (Fsp3) is 0.407. The molecule has 8 nitrogen and oxygen atoms in total. The molecule has 4 heterocycles. The second-order valence-electron chi connectivity index (χ2n) is 9.55. The predicted octanol–water partition coefficient (Wildman–Crippen LogP) is 5.38. The fourth-order valence-electron chi connectivity index (χ4n) is 5.14. The van der Waals surface area contributed by atoms with E-state index in [1.807, 2.05) is 18.2 Å². The summed E-state index contributed by atoms with van der Waals surface area (Å²) in [6.07, 6.45) is 2.46. The van der Waals surface area contributed by atoms with Crippen LogP contribution in [-0.2, 0) is 39.1 Å². The van der Waals surface area contributed by atoms with E-state index in [0.717, 1.165) is 41.3 Å². The molecule has 1 N–H and O–H groups in total. The fourth-order valence-corrected chi connectivity index (χ4v) is 9.69. The zero-order valence-corrected chi connectivity index (χ0v) is 24.7. The van der Waals surface area contributed by atoms with Crippen LogP contribution in [0.3, 0.4) is 0 Å². The molecule has 12 heteroatoms. The van der Waals surface area contributed by atoms with Gasteiger partial charge in [-0.25, -0.2) is 13.2 Å². The molecule has 1 unspecified atom stereocenters. The van der Waals surface area contributed by atoms with E-state index in [9.17, 15) is 18.0 Å². The first-order valence-corrected chi connectivity index (χ1v) is 16.4. The van der Waals surface area contributed by atoms with Gasteiger partial charge >= 0.3 is 5.97 Å². The lowest BCUT2D eigenvalue weighted by Crippen LogP contribution is -2.49. The highest BCUT2D eigenvalue weighted by atomic mass is 35.5. The molecule has 1 amide bonds. The van der Waals surface area contributed by atoms with Crippen LogP contribution in [0.5, 0.6) is 0 Å². The molecule has 0 saturated carbocycles. The molecule has 39 heavy (non-hydrogen) atoms. The number of carbonyl (C=O) groups is 2. The average molecular weight is 608 g/mol. The van der Waals surface area contributed by atoms with Gasteiger partial charge in [0.25, 0.3) is 10.0 Å². The maximum Gasteiger partial charge on any atom is 0.341 e. The van der Waals surface area contributed by atoms with Crippen molar-refractivity contribution >= 4 is 61.2 Å². The maximum absolute atomic E-state index is 13.6. The Morgan fingerprint density at radius 2 is 1.90 bits per heavy atom. The summed E-state index contributed by atoms with van der Waals surface area (Å²) in [7, 11) is -3.89. The molecule has 208 valence electrons. The Morgan fingerprint density at radius 3 is 2.62 bits per heavy atom. The number of amides is 1. The summed E-state index contributed by atoms with van der Waals surface area (Å²) in [5.41, 5.74) is 2.50. The average Bonchev–Trinajstić information content (AvgIpc) is 3.52. The molecule has 1 fully saturated rings. The molecule has 2 aromatic heterocycles. The van der Waals surface area contributed by atoms with Gasteiger partial charge in [-0.2, -0.15) is 4.31 Å². The molecule has 5 rings (SSSR count). The number of piperidine rings is 1. The zero-order chi connectivity index (χ0) is 27.6. The number of esters is 1. The number of fused-ring (bicyclic) bond motifs is 1. The summed E-state index contributed by atoms with van der Waals surface area (Å²) in [6, 6.07) is 12.3. The van der Waals surface area contributed by atoms with Gasteiger partial charge in [-0.15, -0.1) is 22.7 Å². The van der Waals surface area contributed by atoms with Crippen LogP contribution in [0.4, 0.5) is 5.00 Å². The van der Waals surface area contributed by atoms with Gasteiger partial charge in [0.15, 0.2) is 0 Å². The van der Waals surface area contributed by atoms with Crippen LogP contribution in [0.2, 0.25) is 4.34 Å². The van der Waals surface area contributed by atoms with Gasteiger partial charge in [0.1, 0.15) is 15.3 Å². The smallest absolute Gasteiger partial charge is 0.341 e. The Kier molecular flexibility index (Phi) is 8.75. The normalized spacial score (nSPS) is 18.5. The minimum atomic E-state index is -3.89. The number of hydrogen-bond acceptors (Lipinski definition) is 8. The van der Waals surface area contributed by atoms with Crippen molar-refractivity contribution in [1.82, 2.24) is 9.21 Å². The third kappa shape index (κ3) is 6.08. The van der Waals surface area contributed by atoms with Crippen molar-refractivity contribution in [2.75, 3.05) is 25.0 Å². The first kappa shape index (κ1) is 28.3. The lowest BCUT2D eigenvalue weighted by molar-refractivity contribution is -0.120. The predicted molar refractivity (Wildman–Crippen MR) is 154 cm³/mol. The Morgan fingerprint density at radius 1 is 1.10 bits per heavy atom. The molecule has 1 atom stereocenters. The van der Waals surface area contributed by atoms with Crippen molar-refractivity contribution in [3.8, 4) is 0 Å². The second-order valence-corrected chi connectivity index (χ2v) is 14.5. The number of ether oxygens (including phenoxy) is 1. The molecule has 0 spiro atoms. The largest absolute Gasteiger partial charge is 0.462 e. The monoisotopic (exact) mass is 607 g/mol. The molecular formula is C27H30ClN3O5S3. The second kappa shape index (κ2) is 12.1. The highest BCUT2D eigenvalue weighted by Crippen LogP contribution is 2.39. The van der Waals surface area contributed by atoms with Crippen LogP contribution in [0, 0.1) is 0 Å². The van der Waals surface area contributed by atoms with Crippen molar-refractivity contribution in [2.45, 2.75) is 55.9 Å². The molecule has 1 saturated heterocycles. The van der Waals surface area contributed by atoms with Crippen molar-refractivity contribution < 1.29 is 22.7 Å². The van der Waals surface area contributed by atoms with Crippen LogP contribution >= 0.6 is 34.3 Å². The van der Waals surface area contributed by atoms with Gasteiger partial charge in [-0.1, -0.05) is 48.4 Å². The van der Waals surface area contributed by atoms with Crippen LogP contribution < -0.4 is 5.32 Å². The van der Waals surface area contributed by atoms with Crippen molar-refractivity contribution in [2.24, 2.45) is 0 Å². The number of anilines is 1. The van der Waals surface area contributed by atoms with Crippen LogP contribution in [0.25, 0.3) is 0 Å². The van der Waals surface area contributed by atoms with E-state index in [1.165, 1.54) is 27.3 Å². The number of benzene rings is 1. The first-order chi connectivity index (χ1) is 18.8. The number of nitrogens with zero attached hydrogens (tertiary/aromatic N) is 2. The SMILES string of the molecule is CCOC(=O)c1c(NC(=O)C2CCCCN2S(=O)(=O)c2ccc(Cl)s2)sc2c1CCN(Cc1ccccc1)C2. The Bertz CT molecular complexity index is 1450. The molecule has 0 radical (unpaired) electrons. The van der Waals surface area contributed by atoms with E-state index in [1.54, 1.807) is 13.0 Å². The van der Waals surface area contributed by atoms with E-state index in [0.29, 0.717) is 40.7 Å². The van der Waals surface area contributed by atoms with E-state index >= 15 is 0 Å². The van der Waals surface area contributed by atoms with Gasteiger partial charge in [0.05, 0.1) is 16.5 Å². The van der Waals surface area contributed by atoms with E-state index in [4.69, 9.17) is 16.3 Å². The summed E-state index contributed by atoms with van der Waals surface area (Å²) >= 11 is 8.35. The van der Waals surface area contributed by atoms with Crippen molar-refractivity contribution in [1.29, 1.82) is 0 Å². The topological polar surface area (TPSA) is 96.0 Å². The lowest BCUT2D eigenvalue weighted by atomic mass is 10.0. The summed E-state index contributed by atoms with van der Waals surface area (Å²) in [5.74, 6) is -0.908.